The number of fused-ring (bicyclic) bond motifs is 9. The van der Waals surface area contributed by atoms with Gasteiger partial charge in [-0.05, 0) is 92.3 Å². The van der Waals surface area contributed by atoms with Gasteiger partial charge in [0.05, 0.1) is 0 Å². The molecule has 8 aromatic carbocycles. The number of benzene rings is 8. The molecule has 3 heterocycles. The molecule has 11 aromatic rings. The van der Waals surface area contributed by atoms with Gasteiger partial charge >= 0.3 is 0 Å². The Morgan fingerprint density at radius 3 is 1.53 bits per heavy atom. The topological polar surface area (TPSA) is 39.4 Å². The van der Waals surface area contributed by atoms with E-state index in [2.05, 4.69) is 127 Å². The fourth-order valence-corrected chi connectivity index (χ4v) is 7.84. The zero-order valence-electron chi connectivity index (χ0n) is 26.2. The van der Waals surface area contributed by atoms with Crippen LogP contribution in [0.3, 0.4) is 0 Å². The lowest BCUT2D eigenvalue weighted by Crippen LogP contribution is -1.90. The molecular weight excluding hydrogens is 601 g/mol. The molecular formula is C46H26O3. The molecule has 0 spiro atoms. The van der Waals surface area contributed by atoms with Gasteiger partial charge in [-0.1, -0.05) is 109 Å². The lowest BCUT2D eigenvalue weighted by molar-refractivity contribution is 0.631. The van der Waals surface area contributed by atoms with Crippen molar-refractivity contribution in [3.63, 3.8) is 0 Å². The number of hydrogen-bond donors (Lipinski definition) is 0. The second kappa shape index (κ2) is 9.96. The molecule has 0 aliphatic heterocycles. The summed E-state index contributed by atoms with van der Waals surface area (Å²) in [6.45, 7) is 0. The number of para-hydroxylation sites is 1. The first kappa shape index (κ1) is 26.5. The van der Waals surface area contributed by atoms with E-state index in [0.717, 1.165) is 71.7 Å². The fraction of sp³-hybridized carbons (Fsp3) is 0. The van der Waals surface area contributed by atoms with Crippen LogP contribution in [0.25, 0.3) is 110 Å². The average Bonchev–Trinajstić information content (AvgIpc) is 3.85. The Morgan fingerprint density at radius 2 is 0.796 bits per heavy atom. The largest absolute Gasteiger partial charge is 0.456 e. The lowest BCUT2D eigenvalue weighted by Gasteiger charge is -2.17. The van der Waals surface area contributed by atoms with Gasteiger partial charge < -0.3 is 13.3 Å². The molecule has 228 valence electrons. The van der Waals surface area contributed by atoms with Crippen LogP contribution < -0.4 is 0 Å². The number of rotatable bonds is 3. The van der Waals surface area contributed by atoms with E-state index in [-0.39, 0.29) is 0 Å². The Bertz CT molecular complexity index is 3040. The summed E-state index contributed by atoms with van der Waals surface area (Å²) in [5.41, 5.74) is 10.2. The van der Waals surface area contributed by atoms with Crippen LogP contribution in [0.1, 0.15) is 0 Å². The van der Waals surface area contributed by atoms with Crippen molar-refractivity contribution in [1.29, 1.82) is 0 Å². The van der Waals surface area contributed by atoms with Crippen molar-refractivity contribution in [1.82, 2.24) is 0 Å². The molecule has 0 saturated carbocycles. The van der Waals surface area contributed by atoms with Gasteiger partial charge in [-0.15, -0.1) is 0 Å². The standard InChI is InChI=1S/C46H26O3/c1-2-10-27(11-3-1)41-24-30-25-44-38(26-42(30)48-41)32-20-18-29(23-43(32)49-44)46-35-15-6-4-13-33(35)45(34-14-5-7-16-36(34)46)28-19-21-40-37(22-28)31-12-8-9-17-39(31)47-40/h1-26H. The van der Waals surface area contributed by atoms with Gasteiger partial charge in [0.2, 0.25) is 0 Å². The Hall–Kier alpha value is -6.58. The van der Waals surface area contributed by atoms with E-state index < -0.39 is 0 Å². The van der Waals surface area contributed by atoms with Gasteiger partial charge in [0, 0.05) is 32.5 Å². The summed E-state index contributed by atoms with van der Waals surface area (Å²) < 4.78 is 19.1. The minimum Gasteiger partial charge on any atom is -0.456 e. The van der Waals surface area contributed by atoms with Crippen molar-refractivity contribution in [3.8, 4) is 33.6 Å². The molecule has 0 radical (unpaired) electrons. The lowest BCUT2D eigenvalue weighted by atomic mass is 9.85. The molecule has 0 atom stereocenters. The summed E-state index contributed by atoms with van der Waals surface area (Å²) in [6.07, 6.45) is 0. The quantitative estimate of drug-likeness (QED) is 0.183. The summed E-state index contributed by atoms with van der Waals surface area (Å²) in [4.78, 5) is 0. The monoisotopic (exact) mass is 626 g/mol. The maximum atomic E-state index is 6.57. The summed E-state index contributed by atoms with van der Waals surface area (Å²) in [7, 11) is 0. The molecule has 0 saturated heterocycles. The third kappa shape index (κ3) is 3.90. The summed E-state index contributed by atoms with van der Waals surface area (Å²) in [5, 5.41) is 10.2. The van der Waals surface area contributed by atoms with Crippen LogP contribution in [0.5, 0.6) is 0 Å². The van der Waals surface area contributed by atoms with E-state index in [9.17, 15) is 0 Å². The molecule has 0 fully saturated rings. The smallest absolute Gasteiger partial charge is 0.136 e. The molecule has 0 aliphatic rings. The van der Waals surface area contributed by atoms with Crippen molar-refractivity contribution in [2.24, 2.45) is 0 Å². The summed E-state index contributed by atoms with van der Waals surface area (Å²) in [6, 6.07) is 55.5. The van der Waals surface area contributed by atoms with Gasteiger partial charge in [0.1, 0.15) is 33.7 Å². The van der Waals surface area contributed by atoms with Crippen molar-refractivity contribution >= 4 is 76.4 Å². The van der Waals surface area contributed by atoms with Crippen LogP contribution >= 0.6 is 0 Å². The molecule has 3 aromatic heterocycles. The Morgan fingerprint density at radius 1 is 0.265 bits per heavy atom. The Kier molecular flexibility index (Phi) is 5.38. The van der Waals surface area contributed by atoms with Crippen molar-refractivity contribution in [2.75, 3.05) is 0 Å². The molecule has 0 N–H and O–H groups in total. The fourth-order valence-electron chi connectivity index (χ4n) is 7.84. The van der Waals surface area contributed by atoms with Gasteiger partial charge in [-0.25, -0.2) is 0 Å². The highest BCUT2D eigenvalue weighted by atomic mass is 16.3. The SMILES string of the molecule is c1ccc(-c2cc3cc4oc5cc(-c6c7ccccc7c(-c7ccc8oc9ccccc9c8c7)c7ccccc67)ccc5c4cc3o2)cc1. The predicted molar refractivity (Wildman–Crippen MR) is 202 cm³/mol. The zero-order chi connectivity index (χ0) is 32.1. The first-order chi connectivity index (χ1) is 24.3. The molecule has 3 heteroatoms. The highest BCUT2D eigenvalue weighted by Crippen LogP contribution is 2.46. The van der Waals surface area contributed by atoms with Crippen LogP contribution in [0.15, 0.2) is 171 Å². The molecule has 49 heavy (non-hydrogen) atoms. The molecule has 0 amide bonds. The van der Waals surface area contributed by atoms with Crippen molar-refractivity contribution < 1.29 is 13.3 Å². The van der Waals surface area contributed by atoms with E-state index in [1.165, 1.54) is 38.2 Å². The van der Waals surface area contributed by atoms with Crippen molar-refractivity contribution in [2.45, 2.75) is 0 Å². The van der Waals surface area contributed by atoms with Crippen LogP contribution in [0, 0.1) is 0 Å². The van der Waals surface area contributed by atoms with Crippen LogP contribution in [0.2, 0.25) is 0 Å². The minimum atomic E-state index is 0.854. The van der Waals surface area contributed by atoms with E-state index in [4.69, 9.17) is 13.3 Å². The van der Waals surface area contributed by atoms with Gasteiger partial charge in [-0.2, -0.15) is 0 Å². The van der Waals surface area contributed by atoms with Gasteiger partial charge in [-0.3, -0.25) is 0 Å². The molecule has 0 bridgehead atoms. The van der Waals surface area contributed by atoms with Crippen LogP contribution in [-0.2, 0) is 0 Å². The second-order valence-electron chi connectivity index (χ2n) is 12.8. The van der Waals surface area contributed by atoms with Crippen molar-refractivity contribution in [3.05, 3.63) is 158 Å². The van der Waals surface area contributed by atoms with Crippen LogP contribution in [0.4, 0.5) is 0 Å². The number of furan rings is 3. The third-order valence-electron chi connectivity index (χ3n) is 10.1. The van der Waals surface area contributed by atoms with E-state index >= 15 is 0 Å². The zero-order valence-corrected chi connectivity index (χ0v) is 26.2. The first-order valence-electron chi connectivity index (χ1n) is 16.6. The highest BCUT2D eigenvalue weighted by Gasteiger charge is 2.19. The Labute approximate surface area is 280 Å². The molecule has 3 nitrogen and oxygen atoms in total. The Balaban J connectivity index is 1.12. The van der Waals surface area contributed by atoms with Crippen LogP contribution in [-0.4, -0.2) is 0 Å². The molecule has 0 aliphatic carbocycles. The normalized spacial score (nSPS) is 12.1. The average molecular weight is 627 g/mol. The molecule has 11 rings (SSSR count). The second-order valence-corrected chi connectivity index (χ2v) is 12.8. The highest BCUT2D eigenvalue weighted by molar-refractivity contribution is 6.23. The maximum Gasteiger partial charge on any atom is 0.136 e. The number of hydrogen-bond acceptors (Lipinski definition) is 3. The first-order valence-corrected chi connectivity index (χ1v) is 16.6. The summed E-state index contributed by atoms with van der Waals surface area (Å²) >= 11 is 0. The van der Waals surface area contributed by atoms with E-state index in [1.807, 2.05) is 30.3 Å². The molecule has 0 unspecified atom stereocenters. The summed E-state index contributed by atoms with van der Waals surface area (Å²) in [5.74, 6) is 0.857. The van der Waals surface area contributed by atoms with Gasteiger partial charge in [0.15, 0.2) is 0 Å². The van der Waals surface area contributed by atoms with E-state index in [0.29, 0.717) is 0 Å². The maximum absolute atomic E-state index is 6.57. The van der Waals surface area contributed by atoms with E-state index in [1.54, 1.807) is 0 Å². The van der Waals surface area contributed by atoms with Gasteiger partial charge in [0.25, 0.3) is 0 Å². The third-order valence-corrected chi connectivity index (χ3v) is 10.1. The predicted octanol–water partition coefficient (Wildman–Crippen LogP) is 13.5. The minimum absolute atomic E-state index is 0.854.